The lowest BCUT2D eigenvalue weighted by atomic mass is 10.2. The molecule has 0 bridgehead atoms. The molecule has 0 heterocycles. The van der Waals surface area contributed by atoms with Crippen LogP contribution in [0.15, 0.2) is 12.2 Å². The molecule has 0 aromatic heterocycles. The number of carbonyl (C=O) groups is 1. The highest BCUT2D eigenvalue weighted by Gasteiger charge is 1.98. The van der Waals surface area contributed by atoms with E-state index < -0.39 is 0 Å². The van der Waals surface area contributed by atoms with Crippen LogP contribution in [0, 0.1) is 0 Å². The molecule has 14 heavy (non-hydrogen) atoms. The van der Waals surface area contributed by atoms with E-state index in [1.165, 1.54) is 12.8 Å². The van der Waals surface area contributed by atoms with Crippen molar-refractivity contribution in [2.24, 2.45) is 0 Å². The van der Waals surface area contributed by atoms with Crippen LogP contribution in [0.25, 0.3) is 0 Å². The second kappa shape index (κ2) is 10.3. The summed E-state index contributed by atoms with van der Waals surface area (Å²) in [5, 5.41) is 0. The molecule has 0 unspecified atom stereocenters. The second-order valence-electron chi connectivity index (χ2n) is 3.31. The molecular weight excluding hydrogens is 176 g/mol. The molecule has 0 saturated carbocycles. The highest BCUT2D eigenvalue weighted by Crippen LogP contribution is 2.01. The number of allylic oxidation sites excluding steroid dienone is 2. The van der Waals surface area contributed by atoms with E-state index in [9.17, 15) is 4.79 Å². The van der Waals surface area contributed by atoms with Crippen LogP contribution in [0.3, 0.4) is 0 Å². The van der Waals surface area contributed by atoms with Crippen molar-refractivity contribution < 1.29 is 9.53 Å². The van der Waals surface area contributed by atoms with Crippen molar-refractivity contribution >= 4 is 5.97 Å². The number of rotatable bonds is 8. The number of hydrogen-bond donors (Lipinski definition) is 0. The van der Waals surface area contributed by atoms with Crippen LogP contribution in [0.5, 0.6) is 0 Å². The summed E-state index contributed by atoms with van der Waals surface area (Å²) in [4.78, 5) is 10.9. The Balaban J connectivity index is 3.19. The van der Waals surface area contributed by atoms with Crippen LogP contribution >= 0.6 is 0 Å². The van der Waals surface area contributed by atoms with Gasteiger partial charge < -0.3 is 4.74 Å². The Hall–Kier alpha value is -0.790. The quantitative estimate of drug-likeness (QED) is 0.339. The van der Waals surface area contributed by atoms with Crippen LogP contribution in [0.1, 0.15) is 52.4 Å². The van der Waals surface area contributed by atoms with Crippen molar-refractivity contribution in [3.63, 3.8) is 0 Å². The number of esters is 1. The third-order valence-corrected chi connectivity index (χ3v) is 1.95. The van der Waals surface area contributed by atoms with E-state index in [4.69, 9.17) is 4.74 Å². The molecule has 0 rings (SSSR count). The molecule has 82 valence electrons. The normalized spacial score (nSPS) is 10.7. The van der Waals surface area contributed by atoms with Crippen molar-refractivity contribution in [3.8, 4) is 0 Å². The van der Waals surface area contributed by atoms with Gasteiger partial charge in [-0.25, -0.2) is 0 Å². The van der Waals surface area contributed by atoms with Gasteiger partial charge in [-0.2, -0.15) is 0 Å². The minimum atomic E-state index is -0.0746. The first-order valence-corrected chi connectivity index (χ1v) is 5.61. The maximum Gasteiger partial charge on any atom is 0.305 e. The minimum Gasteiger partial charge on any atom is -0.466 e. The summed E-state index contributed by atoms with van der Waals surface area (Å²) >= 11 is 0. The first-order chi connectivity index (χ1) is 6.81. The van der Waals surface area contributed by atoms with E-state index in [0.717, 1.165) is 19.3 Å². The average molecular weight is 198 g/mol. The molecule has 0 fully saturated rings. The van der Waals surface area contributed by atoms with Crippen LogP contribution in [0.4, 0.5) is 0 Å². The van der Waals surface area contributed by atoms with E-state index in [1.807, 2.05) is 6.92 Å². The summed E-state index contributed by atoms with van der Waals surface area (Å²) < 4.78 is 4.82. The van der Waals surface area contributed by atoms with Crippen LogP contribution < -0.4 is 0 Å². The molecule has 0 aromatic carbocycles. The standard InChI is InChI=1S/C12H22O2/c1-3-5-6-7-8-9-10-11-12(13)14-4-2/h7-8H,3-6,9-11H2,1-2H3/b8-7+. The fourth-order valence-electron chi connectivity index (χ4n) is 1.16. The Labute approximate surface area is 87.3 Å². The van der Waals surface area contributed by atoms with Crippen molar-refractivity contribution in [3.05, 3.63) is 12.2 Å². The molecule has 0 atom stereocenters. The Bertz CT molecular complexity index is 162. The number of hydrogen-bond acceptors (Lipinski definition) is 2. The zero-order valence-corrected chi connectivity index (χ0v) is 9.42. The molecule has 0 radical (unpaired) electrons. The Morgan fingerprint density at radius 1 is 1.14 bits per heavy atom. The number of unbranched alkanes of at least 4 members (excludes halogenated alkanes) is 3. The molecule has 0 saturated heterocycles. The SMILES string of the molecule is CCCC/C=C/CCCC(=O)OCC. The van der Waals surface area contributed by atoms with Gasteiger partial charge >= 0.3 is 5.97 Å². The van der Waals surface area contributed by atoms with E-state index in [2.05, 4.69) is 19.1 Å². The predicted molar refractivity (Wildman–Crippen MR) is 59.1 cm³/mol. The molecule has 0 spiro atoms. The van der Waals surface area contributed by atoms with Gasteiger partial charge in [0.25, 0.3) is 0 Å². The molecule has 0 aromatic rings. The first kappa shape index (κ1) is 13.2. The molecule has 0 N–H and O–H groups in total. The molecule has 0 aliphatic carbocycles. The number of ether oxygens (including phenoxy) is 1. The van der Waals surface area contributed by atoms with Gasteiger partial charge in [0.1, 0.15) is 0 Å². The topological polar surface area (TPSA) is 26.3 Å². The monoisotopic (exact) mass is 198 g/mol. The zero-order chi connectivity index (χ0) is 10.6. The minimum absolute atomic E-state index is 0.0746. The smallest absolute Gasteiger partial charge is 0.305 e. The Morgan fingerprint density at radius 3 is 2.36 bits per heavy atom. The second-order valence-corrected chi connectivity index (χ2v) is 3.31. The highest BCUT2D eigenvalue weighted by atomic mass is 16.5. The van der Waals surface area contributed by atoms with Crippen LogP contribution in [-0.4, -0.2) is 12.6 Å². The van der Waals surface area contributed by atoms with Gasteiger partial charge in [0.2, 0.25) is 0 Å². The van der Waals surface area contributed by atoms with Crippen LogP contribution in [0.2, 0.25) is 0 Å². The van der Waals surface area contributed by atoms with Crippen molar-refractivity contribution in [2.45, 2.75) is 52.4 Å². The predicted octanol–water partition coefficient (Wildman–Crippen LogP) is 3.47. The van der Waals surface area contributed by atoms with Gasteiger partial charge in [0.15, 0.2) is 0 Å². The van der Waals surface area contributed by atoms with Crippen molar-refractivity contribution in [1.82, 2.24) is 0 Å². The molecule has 0 aliphatic rings. The van der Waals surface area contributed by atoms with Crippen molar-refractivity contribution in [1.29, 1.82) is 0 Å². The maximum atomic E-state index is 10.9. The molecule has 0 amide bonds. The number of carbonyl (C=O) groups excluding carboxylic acids is 1. The van der Waals surface area contributed by atoms with Gasteiger partial charge in [-0.3, -0.25) is 4.79 Å². The summed E-state index contributed by atoms with van der Waals surface area (Å²) in [6, 6.07) is 0. The van der Waals surface area contributed by atoms with Gasteiger partial charge in [-0.1, -0.05) is 31.9 Å². The van der Waals surface area contributed by atoms with Crippen molar-refractivity contribution in [2.75, 3.05) is 6.61 Å². The summed E-state index contributed by atoms with van der Waals surface area (Å²) in [6.07, 6.45) is 10.5. The summed E-state index contributed by atoms with van der Waals surface area (Å²) in [6.45, 7) is 4.52. The van der Waals surface area contributed by atoms with E-state index in [1.54, 1.807) is 0 Å². The third-order valence-electron chi connectivity index (χ3n) is 1.95. The lowest BCUT2D eigenvalue weighted by Crippen LogP contribution is -2.02. The van der Waals surface area contributed by atoms with Gasteiger partial charge in [0, 0.05) is 6.42 Å². The molecular formula is C12H22O2. The third kappa shape index (κ3) is 9.30. The highest BCUT2D eigenvalue weighted by molar-refractivity contribution is 5.69. The molecule has 2 nitrogen and oxygen atoms in total. The first-order valence-electron chi connectivity index (χ1n) is 5.61. The van der Waals surface area contributed by atoms with Gasteiger partial charge in [-0.05, 0) is 26.2 Å². The average Bonchev–Trinajstić information content (AvgIpc) is 2.17. The zero-order valence-electron chi connectivity index (χ0n) is 9.42. The molecule has 2 heteroatoms. The van der Waals surface area contributed by atoms with E-state index >= 15 is 0 Å². The fourth-order valence-corrected chi connectivity index (χ4v) is 1.16. The Morgan fingerprint density at radius 2 is 1.79 bits per heavy atom. The fraction of sp³-hybridized carbons (Fsp3) is 0.750. The molecule has 0 aliphatic heterocycles. The van der Waals surface area contributed by atoms with E-state index in [-0.39, 0.29) is 5.97 Å². The van der Waals surface area contributed by atoms with Crippen LogP contribution in [-0.2, 0) is 9.53 Å². The van der Waals surface area contributed by atoms with Gasteiger partial charge in [-0.15, -0.1) is 0 Å². The summed E-state index contributed by atoms with van der Waals surface area (Å²) in [7, 11) is 0. The largest absolute Gasteiger partial charge is 0.466 e. The lowest BCUT2D eigenvalue weighted by Gasteiger charge is -1.98. The lowest BCUT2D eigenvalue weighted by molar-refractivity contribution is -0.143. The summed E-state index contributed by atoms with van der Waals surface area (Å²) in [5.74, 6) is -0.0746. The Kier molecular flexibility index (Phi) is 9.71. The van der Waals surface area contributed by atoms with Gasteiger partial charge in [0.05, 0.1) is 6.61 Å². The summed E-state index contributed by atoms with van der Waals surface area (Å²) in [5.41, 5.74) is 0. The van der Waals surface area contributed by atoms with E-state index in [0.29, 0.717) is 13.0 Å². The maximum absolute atomic E-state index is 10.9.